The zero-order valence-corrected chi connectivity index (χ0v) is 16.9. The second-order valence-corrected chi connectivity index (χ2v) is 8.14. The maximum Gasteiger partial charge on any atom is 0.228 e. The smallest absolute Gasteiger partial charge is 0.228 e. The number of amides is 1. The van der Waals surface area contributed by atoms with Crippen molar-refractivity contribution in [3.8, 4) is 0 Å². The van der Waals surface area contributed by atoms with Crippen LogP contribution in [0, 0.1) is 0 Å². The summed E-state index contributed by atoms with van der Waals surface area (Å²) in [7, 11) is 0. The molecule has 1 saturated heterocycles. The summed E-state index contributed by atoms with van der Waals surface area (Å²) in [5.41, 5.74) is 0.950. The Kier molecular flexibility index (Phi) is 6.81. The Labute approximate surface area is 161 Å². The molecule has 1 aromatic carbocycles. The van der Waals surface area contributed by atoms with Gasteiger partial charge in [0.2, 0.25) is 5.91 Å². The molecule has 1 amide bonds. The number of halogens is 1. The molecule has 1 fully saturated rings. The summed E-state index contributed by atoms with van der Waals surface area (Å²) in [6.45, 7) is 7.35. The Morgan fingerprint density at radius 3 is 2.96 bits per heavy atom. The van der Waals surface area contributed by atoms with Crippen LogP contribution in [0.15, 0.2) is 22.7 Å². The first-order valence-corrected chi connectivity index (χ1v) is 10.4. The molecule has 1 aliphatic heterocycles. The van der Waals surface area contributed by atoms with E-state index < -0.39 is 0 Å². The maximum absolute atomic E-state index is 12.6. The number of ether oxygens (including phenoxy) is 1. The van der Waals surface area contributed by atoms with Gasteiger partial charge < -0.3 is 4.74 Å². The highest BCUT2D eigenvalue weighted by Crippen LogP contribution is 2.31. The van der Waals surface area contributed by atoms with Crippen LogP contribution in [-0.4, -0.2) is 55.2 Å². The highest BCUT2D eigenvalue weighted by atomic mass is 79.9. The van der Waals surface area contributed by atoms with Crippen molar-refractivity contribution in [1.82, 2.24) is 9.88 Å². The SMILES string of the molecule is CCCC(=O)N(CCCN1CCOCC1)c1nc2ccc(Br)cc2s1. The second-order valence-electron chi connectivity index (χ2n) is 6.21. The summed E-state index contributed by atoms with van der Waals surface area (Å²) in [5.74, 6) is 0.169. The van der Waals surface area contributed by atoms with E-state index in [9.17, 15) is 4.79 Å². The van der Waals surface area contributed by atoms with Crippen LogP contribution in [0.5, 0.6) is 0 Å². The highest BCUT2D eigenvalue weighted by Gasteiger charge is 2.19. The van der Waals surface area contributed by atoms with Crippen molar-refractivity contribution < 1.29 is 9.53 Å². The summed E-state index contributed by atoms with van der Waals surface area (Å²) in [6.07, 6.45) is 2.38. The van der Waals surface area contributed by atoms with Gasteiger partial charge in [-0.05, 0) is 31.0 Å². The minimum atomic E-state index is 0.169. The van der Waals surface area contributed by atoms with E-state index in [1.165, 1.54) is 0 Å². The van der Waals surface area contributed by atoms with Crippen molar-refractivity contribution in [2.75, 3.05) is 44.3 Å². The fourth-order valence-electron chi connectivity index (χ4n) is 2.95. The molecule has 0 radical (unpaired) electrons. The number of morpholine rings is 1. The van der Waals surface area contributed by atoms with Gasteiger partial charge >= 0.3 is 0 Å². The first kappa shape index (κ1) is 18.8. The molecule has 5 nitrogen and oxygen atoms in total. The monoisotopic (exact) mass is 425 g/mol. The van der Waals surface area contributed by atoms with Crippen molar-refractivity contribution in [3.05, 3.63) is 22.7 Å². The van der Waals surface area contributed by atoms with Gasteiger partial charge in [0.25, 0.3) is 0 Å². The zero-order chi connectivity index (χ0) is 17.6. The lowest BCUT2D eigenvalue weighted by atomic mass is 10.2. The fourth-order valence-corrected chi connectivity index (χ4v) is 4.52. The third-order valence-corrected chi connectivity index (χ3v) is 5.83. The summed E-state index contributed by atoms with van der Waals surface area (Å²) >= 11 is 5.09. The molecule has 0 atom stereocenters. The maximum atomic E-state index is 12.6. The molecule has 0 aliphatic carbocycles. The molecule has 0 spiro atoms. The number of hydrogen-bond donors (Lipinski definition) is 0. The first-order chi connectivity index (χ1) is 12.2. The number of anilines is 1. The molecule has 0 unspecified atom stereocenters. The number of thiazole rings is 1. The molecule has 1 aromatic heterocycles. The Morgan fingerprint density at radius 2 is 2.20 bits per heavy atom. The van der Waals surface area contributed by atoms with Gasteiger partial charge in [-0.2, -0.15) is 0 Å². The molecule has 0 N–H and O–H groups in total. The van der Waals surface area contributed by atoms with E-state index in [0.29, 0.717) is 6.42 Å². The number of nitrogens with zero attached hydrogens (tertiary/aromatic N) is 3. The van der Waals surface area contributed by atoms with Gasteiger partial charge in [-0.1, -0.05) is 34.2 Å². The van der Waals surface area contributed by atoms with Crippen molar-refractivity contribution in [2.24, 2.45) is 0 Å². The van der Waals surface area contributed by atoms with E-state index >= 15 is 0 Å². The lowest BCUT2D eigenvalue weighted by Gasteiger charge is -2.27. The lowest BCUT2D eigenvalue weighted by molar-refractivity contribution is -0.118. The molecular formula is C18H24BrN3O2S. The number of hydrogen-bond acceptors (Lipinski definition) is 5. The topological polar surface area (TPSA) is 45.7 Å². The molecule has 2 aromatic rings. The summed E-state index contributed by atoms with van der Waals surface area (Å²) < 4.78 is 7.53. The van der Waals surface area contributed by atoms with Crippen molar-refractivity contribution in [1.29, 1.82) is 0 Å². The van der Waals surface area contributed by atoms with Crippen LogP contribution >= 0.6 is 27.3 Å². The Bertz CT molecular complexity index is 715. The van der Waals surface area contributed by atoms with Crippen molar-refractivity contribution in [2.45, 2.75) is 26.2 Å². The minimum absolute atomic E-state index is 0.169. The number of aromatic nitrogens is 1. The van der Waals surface area contributed by atoms with Crippen LogP contribution in [0.1, 0.15) is 26.2 Å². The Hall–Kier alpha value is -1.02. The number of carbonyl (C=O) groups is 1. The van der Waals surface area contributed by atoms with Gasteiger partial charge in [-0.25, -0.2) is 4.98 Å². The lowest BCUT2D eigenvalue weighted by Crippen LogP contribution is -2.39. The van der Waals surface area contributed by atoms with Gasteiger partial charge in [-0.3, -0.25) is 14.6 Å². The largest absolute Gasteiger partial charge is 0.379 e. The van der Waals surface area contributed by atoms with Crippen molar-refractivity contribution >= 4 is 48.5 Å². The first-order valence-electron chi connectivity index (χ1n) is 8.84. The predicted octanol–water partition coefficient (Wildman–Crippen LogP) is 3.91. The predicted molar refractivity (Wildman–Crippen MR) is 106 cm³/mol. The number of carbonyl (C=O) groups excluding carboxylic acids is 1. The molecule has 3 rings (SSSR count). The molecule has 0 saturated carbocycles. The van der Waals surface area contributed by atoms with Crippen LogP contribution in [0.4, 0.5) is 5.13 Å². The average molecular weight is 426 g/mol. The highest BCUT2D eigenvalue weighted by molar-refractivity contribution is 9.10. The molecule has 0 bridgehead atoms. The van der Waals surface area contributed by atoms with E-state index in [1.54, 1.807) is 11.3 Å². The van der Waals surface area contributed by atoms with Gasteiger partial charge in [0.15, 0.2) is 5.13 Å². The summed E-state index contributed by atoms with van der Waals surface area (Å²) in [6, 6.07) is 6.05. The van der Waals surface area contributed by atoms with E-state index in [1.807, 2.05) is 24.0 Å². The minimum Gasteiger partial charge on any atom is -0.379 e. The third-order valence-electron chi connectivity index (χ3n) is 4.29. The van der Waals surface area contributed by atoms with E-state index in [-0.39, 0.29) is 5.91 Å². The average Bonchev–Trinajstić information content (AvgIpc) is 3.02. The normalized spacial score (nSPS) is 15.6. The Balaban J connectivity index is 1.70. The number of rotatable bonds is 7. The Morgan fingerprint density at radius 1 is 1.40 bits per heavy atom. The summed E-state index contributed by atoms with van der Waals surface area (Å²) in [5, 5.41) is 0.813. The quantitative estimate of drug-likeness (QED) is 0.674. The second kappa shape index (κ2) is 9.07. The molecule has 2 heterocycles. The molecule has 136 valence electrons. The van der Waals surface area contributed by atoms with Crippen LogP contribution in [0.25, 0.3) is 10.2 Å². The molecule has 1 aliphatic rings. The zero-order valence-electron chi connectivity index (χ0n) is 14.5. The van der Waals surface area contributed by atoms with Crippen LogP contribution in [-0.2, 0) is 9.53 Å². The van der Waals surface area contributed by atoms with Crippen LogP contribution in [0.3, 0.4) is 0 Å². The number of fused-ring (bicyclic) bond motifs is 1. The molecular weight excluding hydrogens is 402 g/mol. The third kappa shape index (κ3) is 5.00. The van der Waals surface area contributed by atoms with Gasteiger partial charge in [0.1, 0.15) is 0 Å². The van der Waals surface area contributed by atoms with Crippen LogP contribution in [0.2, 0.25) is 0 Å². The van der Waals surface area contributed by atoms with Crippen LogP contribution < -0.4 is 4.90 Å². The van der Waals surface area contributed by atoms with Gasteiger partial charge in [0, 0.05) is 37.1 Å². The molecule has 25 heavy (non-hydrogen) atoms. The summed E-state index contributed by atoms with van der Waals surface area (Å²) in [4.78, 5) is 21.6. The van der Waals surface area contributed by atoms with Gasteiger partial charge in [-0.15, -0.1) is 0 Å². The fraction of sp³-hybridized carbons (Fsp3) is 0.556. The van der Waals surface area contributed by atoms with E-state index in [0.717, 1.165) is 72.1 Å². The number of benzene rings is 1. The van der Waals surface area contributed by atoms with E-state index in [4.69, 9.17) is 9.72 Å². The van der Waals surface area contributed by atoms with Crippen molar-refractivity contribution in [3.63, 3.8) is 0 Å². The van der Waals surface area contributed by atoms with Gasteiger partial charge in [0.05, 0.1) is 23.4 Å². The molecule has 7 heteroatoms. The van der Waals surface area contributed by atoms with E-state index in [2.05, 4.69) is 26.9 Å². The standard InChI is InChI=1S/C18H24BrN3O2S/c1-2-4-17(23)22(8-3-7-21-9-11-24-12-10-21)18-20-15-6-5-14(19)13-16(15)25-18/h5-6,13H,2-4,7-12H2,1H3.